The van der Waals surface area contributed by atoms with Crippen LogP contribution in [0.3, 0.4) is 0 Å². The normalized spacial score (nSPS) is 10.2. The van der Waals surface area contributed by atoms with Crippen LogP contribution in [0.25, 0.3) is 0 Å². The molecule has 5 nitrogen and oxygen atoms in total. The van der Waals surface area contributed by atoms with Crippen molar-refractivity contribution in [2.45, 2.75) is 13.8 Å². The summed E-state index contributed by atoms with van der Waals surface area (Å²) in [4.78, 5) is 21.6. The first kappa shape index (κ1) is 15.0. The average molecular weight is 306 g/mol. The third kappa shape index (κ3) is 3.03. The number of nitro benzene ring substituents is 1. The fourth-order valence-corrected chi connectivity index (χ4v) is 2.18. The van der Waals surface area contributed by atoms with Gasteiger partial charge in [-0.15, -0.1) is 0 Å². The van der Waals surface area contributed by atoms with Gasteiger partial charge >= 0.3 is 0 Å². The molecule has 0 aromatic heterocycles. The summed E-state index contributed by atoms with van der Waals surface area (Å²) in [6.07, 6.45) is 0.593. The summed E-state index contributed by atoms with van der Waals surface area (Å²) < 4.78 is 5.64. The van der Waals surface area contributed by atoms with Crippen LogP contribution in [-0.2, 0) is 0 Å². The molecule has 0 N–H and O–H groups in total. The highest BCUT2D eigenvalue weighted by Gasteiger charge is 2.16. The standard InChI is InChI=1S/C15H12ClNO4/c1-9-6-10(2)15(7-13(9)17(19)20)21-14-5-3-4-12(16)11(14)8-18/h3-8H,1-2H3. The van der Waals surface area contributed by atoms with Gasteiger partial charge in [0.25, 0.3) is 5.69 Å². The van der Waals surface area contributed by atoms with E-state index in [4.69, 9.17) is 16.3 Å². The van der Waals surface area contributed by atoms with Gasteiger partial charge < -0.3 is 4.74 Å². The molecule has 0 heterocycles. The quantitative estimate of drug-likeness (QED) is 0.475. The summed E-state index contributed by atoms with van der Waals surface area (Å²) in [6.45, 7) is 3.43. The second kappa shape index (κ2) is 5.93. The minimum atomic E-state index is -0.472. The van der Waals surface area contributed by atoms with E-state index in [1.807, 2.05) is 0 Å². The molecule has 0 bridgehead atoms. The molecule has 0 spiro atoms. The molecule has 0 saturated carbocycles. The van der Waals surface area contributed by atoms with Crippen LogP contribution in [0, 0.1) is 24.0 Å². The SMILES string of the molecule is Cc1cc(C)c([N+](=O)[O-])cc1Oc1cccc(Cl)c1C=O. The maximum atomic E-state index is 11.1. The van der Waals surface area contributed by atoms with E-state index in [1.54, 1.807) is 38.1 Å². The van der Waals surface area contributed by atoms with Gasteiger partial charge in [0.1, 0.15) is 11.5 Å². The molecule has 0 aliphatic rings. The van der Waals surface area contributed by atoms with Crippen molar-refractivity contribution in [1.82, 2.24) is 0 Å². The van der Waals surface area contributed by atoms with Gasteiger partial charge in [0.2, 0.25) is 0 Å². The van der Waals surface area contributed by atoms with Crippen LogP contribution in [0.5, 0.6) is 11.5 Å². The molecule has 2 aromatic carbocycles. The highest BCUT2D eigenvalue weighted by atomic mass is 35.5. The van der Waals surface area contributed by atoms with Crippen molar-refractivity contribution in [3.05, 3.63) is 62.2 Å². The molecule has 0 atom stereocenters. The van der Waals surface area contributed by atoms with E-state index in [1.165, 1.54) is 6.07 Å². The molecule has 0 fully saturated rings. The molecule has 0 amide bonds. The minimum absolute atomic E-state index is 0.0368. The Balaban J connectivity index is 2.50. The number of hydrogen-bond acceptors (Lipinski definition) is 4. The second-order valence-corrected chi connectivity index (χ2v) is 4.94. The van der Waals surface area contributed by atoms with Gasteiger partial charge in [0.15, 0.2) is 6.29 Å². The van der Waals surface area contributed by atoms with Crippen molar-refractivity contribution in [3.63, 3.8) is 0 Å². The molecule has 0 saturated heterocycles. The van der Waals surface area contributed by atoms with Crippen LogP contribution in [0.2, 0.25) is 5.02 Å². The monoisotopic (exact) mass is 305 g/mol. The molecule has 108 valence electrons. The van der Waals surface area contributed by atoms with Crippen LogP contribution in [0.4, 0.5) is 5.69 Å². The summed E-state index contributed by atoms with van der Waals surface area (Å²) in [5.74, 6) is 0.580. The van der Waals surface area contributed by atoms with Crippen molar-refractivity contribution in [2.24, 2.45) is 0 Å². The summed E-state index contributed by atoms with van der Waals surface area (Å²) in [6, 6.07) is 7.81. The number of nitrogens with zero attached hydrogens (tertiary/aromatic N) is 1. The van der Waals surface area contributed by atoms with E-state index in [0.29, 0.717) is 17.6 Å². The van der Waals surface area contributed by atoms with Crippen molar-refractivity contribution >= 4 is 23.6 Å². The number of benzene rings is 2. The van der Waals surface area contributed by atoms with E-state index in [9.17, 15) is 14.9 Å². The fourth-order valence-electron chi connectivity index (χ4n) is 1.97. The summed E-state index contributed by atoms with van der Waals surface area (Å²) in [5.41, 5.74) is 1.45. The Morgan fingerprint density at radius 1 is 1.19 bits per heavy atom. The van der Waals surface area contributed by atoms with Crippen LogP contribution in [-0.4, -0.2) is 11.2 Å². The van der Waals surface area contributed by atoms with Crippen molar-refractivity contribution in [1.29, 1.82) is 0 Å². The predicted molar refractivity (Wildman–Crippen MR) is 79.5 cm³/mol. The van der Waals surface area contributed by atoms with E-state index < -0.39 is 4.92 Å². The fraction of sp³-hybridized carbons (Fsp3) is 0.133. The summed E-state index contributed by atoms with van der Waals surface area (Å²) in [7, 11) is 0. The first-order chi connectivity index (χ1) is 9.93. The molecular formula is C15H12ClNO4. The number of hydrogen-bond donors (Lipinski definition) is 0. The largest absolute Gasteiger partial charge is 0.456 e. The van der Waals surface area contributed by atoms with Gasteiger partial charge in [-0.05, 0) is 37.6 Å². The molecule has 2 aromatic rings. The number of carbonyl (C=O) groups excluding carboxylic acids is 1. The Bertz CT molecular complexity index is 728. The smallest absolute Gasteiger partial charge is 0.276 e. The van der Waals surface area contributed by atoms with E-state index in [2.05, 4.69) is 0 Å². The topological polar surface area (TPSA) is 69.4 Å². The number of halogens is 1. The first-order valence-corrected chi connectivity index (χ1v) is 6.49. The Labute approximate surface area is 126 Å². The Morgan fingerprint density at radius 3 is 2.52 bits per heavy atom. The third-order valence-electron chi connectivity index (χ3n) is 3.04. The number of ether oxygens (including phenoxy) is 1. The summed E-state index contributed by atoms with van der Waals surface area (Å²) in [5, 5.41) is 11.3. The van der Waals surface area contributed by atoms with Crippen LogP contribution in [0.15, 0.2) is 30.3 Å². The van der Waals surface area contributed by atoms with Gasteiger partial charge in [-0.1, -0.05) is 17.7 Å². The van der Waals surface area contributed by atoms with Gasteiger partial charge in [-0.25, -0.2) is 0 Å². The average Bonchev–Trinajstić information content (AvgIpc) is 2.41. The Hall–Kier alpha value is -2.40. The highest BCUT2D eigenvalue weighted by molar-refractivity contribution is 6.33. The van der Waals surface area contributed by atoms with Gasteiger partial charge in [-0.3, -0.25) is 14.9 Å². The molecule has 0 aliphatic heterocycles. The van der Waals surface area contributed by atoms with Crippen LogP contribution >= 0.6 is 11.6 Å². The lowest BCUT2D eigenvalue weighted by molar-refractivity contribution is -0.385. The first-order valence-electron chi connectivity index (χ1n) is 6.11. The summed E-state index contributed by atoms with van der Waals surface area (Å²) >= 11 is 5.92. The molecule has 21 heavy (non-hydrogen) atoms. The third-order valence-corrected chi connectivity index (χ3v) is 3.37. The molecule has 6 heteroatoms. The van der Waals surface area contributed by atoms with E-state index in [-0.39, 0.29) is 22.0 Å². The van der Waals surface area contributed by atoms with Gasteiger partial charge in [0.05, 0.1) is 21.6 Å². The highest BCUT2D eigenvalue weighted by Crippen LogP contribution is 2.34. The van der Waals surface area contributed by atoms with Gasteiger partial charge in [-0.2, -0.15) is 0 Å². The lowest BCUT2D eigenvalue weighted by atomic mass is 10.1. The second-order valence-electron chi connectivity index (χ2n) is 4.53. The van der Waals surface area contributed by atoms with Gasteiger partial charge in [0, 0.05) is 5.56 Å². The zero-order chi connectivity index (χ0) is 15.6. The predicted octanol–water partition coefficient (Wildman–Crippen LogP) is 4.47. The molecule has 0 aliphatic carbocycles. The maximum absolute atomic E-state index is 11.1. The Kier molecular flexibility index (Phi) is 4.23. The number of aldehydes is 1. The van der Waals surface area contributed by atoms with Crippen molar-refractivity contribution < 1.29 is 14.5 Å². The maximum Gasteiger partial charge on any atom is 0.276 e. The van der Waals surface area contributed by atoms with Crippen molar-refractivity contribution in [3.8, 4) is 11.5 Å². The number of nitro groups is 1. The van der Waals surface area contributed by atoms with Crippen LogP contribution < -0.4 is 4.74 Å². The van der Waals surface area contributed by atoms with Crippen molar-refractivity contribution in [2.75, 3.05) is 0 Å². The molecule has 0 unspecified atom stereocenters. The number of rotatable bonds is 4. The molecule has 2 rings (SSSR count). The van der Waals surface area contributed by atoms with Crippen LogP contribution in [0.1, 0.15) is 21.5 Å². The zero-order valence-electron chi connectivity index (χ0n) is 11.4. The zero-order valence-corrected chi connectivity index (χ0v) is 12.2. The lowest BCUT2D eigenvalue weighted by Gasteiger charge is -2.12. The lowest BCUT2D eigenvalue weighted by Crippen LogP contribution is -1.97. The van der Waals surface area contributed by atoms with E-state index in [0.717, 1.165) is 5.56 Å². The van der Waals surface area contributed by atoms with E-state index >= 15 is 0 Å². The molecular weight excluding hydrogens is 294 g/mol. The number of aryl methyl sites for hydroxylation is 2. The Morgan fingerprint density at radius 2 is 1.90 bits per heavy atom. The minimum Gasteiger partial charge on any atom is -0.456 e. The molecule has 0 radical (unpaired) electrons. The number of carbonyl (C=O) groups is 1.